The Balaban J connectivity index is 2.17. The summed E-state index contributed by atoms with van der Waals surface area (Å²) in [5.41, 5.74) is 0.852. The lowest BCUT2D eigenvalue weighted by Crippen LogP contribution is -2.15. The van der Waals surface area contributed by atoms with Crippen LogP contribution in [0.2, 0.25) is 0 Å². The molecule has 0 aliphatic carbocycles. The molecule has 27 heavy (non-hydrogen) atoms. The van der Waals surface area contributed by atoms with Crippen molar-refractivity contribution in [2.75, 3.05) is 19.5 Å². The van der Waals surface area contributed by atoms with Crippen LogP contribution in [0.3, 0.4) is 0 Å². The van der Waals surface area contributed by atoms with Crippen LogP contribution in [0.5, 0.6) is 11.5 Å². The number of halogens is 1. The van der Waals surface area contributed by atoms with E-state index < -0.39 is 11.9 Å². The van der Waals surface area contributed by atoms with E-state index in [9.17, 15) is 14.7 Å². The number of methoxy groups -OCH3 is 2. The maximum Gasteiger partial charge on any atom is 0.339 e. The van der Waals surface area contributed by atoms with Crippen molar-refractivity contribution in [2.45, 2.75) is 0 Å². The van der Waals surface area contributed by atoms with Gasteiger partial charge in [0.05, 0.1) is 25.4 Å². The molecule has 0 spiro atoms. The summed E-state index contributed by atoms with van der Waals surface area (Å²) in [5.74, 6) is -0.804. The van der Waals surface area contributed by atoms with Gasteiger partial charge in [0.2, 0.25) is 0 Å². The summed E-state index contributed by atoms with van der Waals surface area (Å²) in [6, 6.07) is 9.99. The van der Waals surface area contributed by atoms with E-state index in [1.54, 1.807) is 36.4 Å². The van der Waals surface area contributed by atoms with E-state index in [0.717, 1.165) is 4.47 Å². The maximum atomic E-state index is 12.7. The Morgan fingerprint density at radius 2 is 1.81 bits per heavy atom. The number of nitrogens with one attached hydrogen (secondary N) is 1. The Hall–Kier alpha value is -3.13. The lowest BCUT2D eigenvalue weighted by molar-refractivity contribution is 0.0697. The number of pyridine rings is 1. The first-order valence-electron chi connectivity index (χ1n) is 7.79. The number of carboxylic acid groups (broad SMARTS) is 1. The summed E-state index contributed by atoms with van der Waals surface area (Å²) in [6.07, 6.45) is 1.20. The van der Waals surface area contributed by atoms with Gasteiger partial charge < -0.3 is 19.9 Å². The Morgan fingerprint density at radius 3 is 2.44 bits per heavy atom. The van der Waals surface area contributed by atoms with Crippen LogP contribution in [-0.4, -0.2) is 36.2 Å². The van der Waals surface area contributed by atoms with Gasteiger partial charge in [0, 0.05) is 27.7 Å². The number of aromatic nitrogens is 1. The lowest BCUT2D eigenvalue weighted by Gasteiger charge is -2.14. The lowest BCUT2D eigenvalue weighted by atomic mass is 10.1. The summed E-state index contributed by atoms with van der Waals surface area (Å²) >= 11 is 3.31. The van der Waals surface area contributed by atoms with E-state index in [4.69, 9.17) is 9.47 Å². The molecule has 2 aromatic carbocycles. The van der Waals surface area contributed by atoms with Gasteiger partial charge in [-0.1, -0.05) is 22.0 Å². The molecule has 1 heterocycles. The van der Waals surface area contributed by atoms with Gasteiger partial charge in [-0.3, -0.25) is 9.78 Å². The number of hydrogen-bond acceptors (Lipinski definition) is 5. The zero-order valence-electron chi connectivity index (χ0n) is 14.4. The normalized spacial score (nSPS) is 10.5. The molecule has 0 aliphatic rings. The highest BCUT2D eigenvalue weighted by Crippen LogP contribution is 2.36. The molecule has 2 N–H and O–H groups in total. The molecule has 0 bridgehead atoms. The van der Waals surface area contributed by atoms with Gasteiger partial charge in [-0.2, -0.15) is 0 Å². The smallest absolute Gasteiger partial charge is 0.339 e. The van der Waals surface area contributed by atoms with Gasteiger partial charge in [0.25, 0.3) is 5.91 Å². The quantitative estimate of drug-likeness (QED) is 0.635. The van der Waals surface area contributed by atoms with E-state index in [0.29, 0.717) is 28.0 Å². The molecule has 3 rings (SSSR count). The fourth-order valence-electron chi connectivity index (χ4n) is 2.63. The van der Waals surface area contributed by atoms with Crippen molar-refractivity contribution in [3.8, 4) is 11.5 Å². The Morgan fingerprint density at radius 1 is 1.11 bits per heavy atom. The number of benzene rings is 2. The van der Waals surface area contributed by atoms with Gasteiger partial charge in [0.15, 0.2) is 11.5 Å². The number of carboxylic acids is 1. The average molecular weight is 431 g/mol. The van der Waals surface area contributed by atoms with Crippen molar-refractivity contribution in [2.24, 2.45) is 0 Å². The second-order valence-corrected chi connectivity index (χ2v) is 6.46. The molecular formula is C19H15BrN2O5. The monoisotopic (exact) mass is 430 g/mol. The van der Waals surface area contributed by atoms with Gasteiger partial charge in [-0.05, 0) is 24.3 Å². The van der Waals surface area contributed by atoms with Crippen LogP contribution >= 0.6 is 15.9 Å². The number of aromatic carboxylic acids is 1. The number of carbonyl (C=O) groups is 2. The van der Waals surface area contributed by atoms with E-state index in [2.05, 4.69) is 26.2 Å². The minimum atomic E-state index is -1.20. The highest BCUT2D eigenvalue weighted by atomic mass is 79.9. The summed E-state index contributed by atoms with van der Waals surface area (Å²) in [6.45, 7) is 0. The summed E-state index contributed by atoms with van der Waals surface area (Å²) < 4.78 is 11.3. The van der Waals surface area contributed by atoms with Crippen LogP contribution in [0, 0.1) is 0 Å². The first-order valence-corrected chi connectivity index (χ1v) is 8.59. The largest absolute Gasteiger partial charge is 0.493 e. The van der Waals surface area contributed by atoms with Crippen molar-refractivity contribution in [3.05, 3.63) is 58.2 Å². The molecule has 0 atom stereocenters. The predicted molar refractivity (Wildman–Crippen MR) is 104 cm³/mol. The third-order valence-corrected chi connectivity index (χ3v) is 4.42. The number of anilines is 1. The summed E-state index contributed by atoms with van der Waals surface area (Å²) in [4.78, 5) is 28.5. The predicted octanol–water partition coefficient (Wildman–Crippen LogP) is 3.97. The third kappa shape index (κ3) is 3.70. The number of amides is 1. The molecule has 0 aliphatic heterocycles. The van der Waals surface area contributed by atoms with Gasteiger partial charge in [-0.15, -0.1) is 0 Å². The second-order valence-electron chi connectivity index (χ2n) is 5.54. The molecule has 138 valence electrons. The third-order valence-electron chi connectivity index (χ3n) is 3.93. The van der Waals surface area contributed by atoms with E-state index in [-0.39, 0.29) is 11.3 Å². The molecule has 3 aromatic rings. The highest BCUT2D eigenvalue weighted by molar-refractivity contribution is 9.10. The number of rotatable bonds is 5. The molecule has 0 unspecified atom stereocenters. The zero-order chi connectivity index (χ0) is 19.6. The molecule has 7 nitrogen and oxygen atoms in total. The molecule has 0 fully saturated rings. The van der Waals surface area contributed by atoms with Crippen molar-refractivity contribution in [1.29, 1.82) is 0 Å². The van der Waals surface area contributed by atoms with Crippen LogP contribution in [0.4, 0.5) is 5.69 Å². The highest BCUT2D eigenvalue weighted by Gasteiger charge is 2.20. The van der Waals surface area contributed by atoms with Crippen molar-refractivity contribution in [1.82, 2.24) is 4.98 Å². The number of carbonyl (C=O) groups excluding carboxylic acids is 1. The molecule has 1 amide bonds. The molecule has 0 radical (unpaired) electrons. The van der Waals surface area contributed by atoms with E-state index >= 15 is 0 Å². The van der Waals surface area contributed by atoms with Crippen molar-refractivity contribution >= 4 is 44.4 Å². The first-order chi connectivity index (χ1) is 12.9. The Labute approximate surface area is 163 Å². The van der Waals surface area contributed by atoms with Crippen molar-refractivity contribution in [3.63, 3.8) is 0 Å². The van der Waals surface area contributed by atoms with Gasteiger partial charge >= 0.3 is 5.97 Å². The summed E-state index contributed by atoms with van der Waals surface area (Å²) in [5, 5.41) is 12.6. The SMILES string of the molecule is COc1cc2ncc(C(=O)O)c(NC(=O)c3cccc(Br)c3)c2cc1OC. The molecule has 0 saturated heterocycles. The van der Waals surface area contributed by atoms with E-state index in [1.165, 1.54) is 20.4 Å². The number of ether oxygens (including phenoxy) is 2. The fraction of sp³-hybridized carbons (Fsp3) is 0.105. The maximum absolute atomic E-state index is 12.7. The van der Waals surface area contributed by atoms with Crippen LogP contribution in [-0.2, 0) is 0 Å². The number of hydrogen-bond donors (Lipinski definition) is 2. The number of nitrogens with zero attached hydrogens (tertiary/aromatic N) is 1. The molecular weight excluding hydrogens is 416 g/mol. The number of fused-ring (bicyclic) bond motifs is 1. The molecule has 1 aromatic heterocycles. The minimum absolute atomic E-state index is 0.127. The summed E-state index contributed by atoms with van der Waals surface area (Å²) in [7, 11) is 2.96. The van der Waals surface area contributed by atoms with Gasteiger partial charge in [-0.25, -0.2) is 4.79 Å². The van der Waals surface area contributed by atoms with Crippen LogP contribution in [0.1, 0.15) is 20.7 Å². The minimum Gasteiger partial charge on any atom is -0.493 e. The molecule has 8 heteroatoms. The zero-order valence-corrected chi connectivity index (χ0v) is 16.0. The Bertz CT molecular complexity index is 1050. The van der Waals surface area contributed by atoms with Crippen molar-refractivity contribution < 1.29 is 24.2 Å². The second kappa shape index (κ2) is 7.63. The standard InChI is InChI=1S/C19H15BrN2O5/c1-26-15-7-12-14(8-16(15)27-2)21-9-13(19(24)25)17(12)22-18(23)10-4-3-5-11(20)6-10/h3-9H,1-2H3,(H,24,25)(H,21,22,23). The molecule has 0 saturated carbocycles. The average Bonchev–Trinajstić information content (AvgIpc) is 2.66. The van der Waals surface area contributed by atoms with Crippen LogP contribution in [0.25, 0.3) is 10.9 Å². The van der Waals surface area contributed by atoms with Gasteiger partial charge in [0.1, 0.15) is 5.56 Å². The first kappa shape index (κ1) is 18.7. The van der Waals surface area contributed by atoms with E-state index in [1.807, 2.05) is 0 Å². The van der Waals surface area contributed by atoms with Crippen LogP contribution in [0.15, 0.2) is 47.1 Å². The topological polar surface area (TPSA) is 97.8 Å². The Kier molecular flexibility index (Phi) is 5.27. The fourth-order valence-corrected chi connectivity index (χ4v) is 3.03. The van der Waals surface area contributed by atoms with Crippen LogP contribution < -0.4 is 14.8 Å².